The molecule has 0 amide bonds. The molecule has 1 fully saturated rings. The lowest BCUT2D eigenvalue weighted by Crippen LogP contribution is -2.46. The fourth-order valence-corrected chi connectivity index (χ4v) is 5.96. The van der Waals surface area contributed by atoms with Crippen molar-refractivity contribution in [2.24, 2.45) is 0 Å². The molecule has 1 saturated heterocycles. The van der Waals surface area contributed by atoms with E-state index >= 15 is 0 Å². The second-order valence-corrected chi connectivity index (χ2v) is 12.2. The first-order valence-electron chi connectivity index (χ1n) is 12.7. The SMILES string of the molecule is CC(C)OC(=O)[C@@H](C)NP(=O)(OC[C@H]1O[C@@H](n2cc(Cl)c(N)nc2=O)[C@](C)(O)[C@@H]1O)Oc1cccc2ccccc12. The van der Waals surface area contributed by atoms with Crippen LogP contribution in [0.5, 0.6) is 5.75 Å². The van der Waals surface area contributed by atoms with Crippen LogP contribution in [0.2, 0.25) is 5.02 Å². The summed E-state index contributed by atoms with van der Waals surface area (Å²) < 4.78 is 37.5. The average Bonchev–Trinajstić information content (AvgIpc) is 3.13. The van der Waals surface area contributed by atoms with Gasteiger partial charge in [-0.1, -0.05) is 48.0 Å². The number of carbonyl (C=O) groups excluding carboxylic acids is 1. The van der Waals surface area contributed by atoms with Crippen molar-refractivity contribution in [2.75, 3.05) is 12.3 Å². The highest BCUT2D eigenvalue weighted by molar-refractivity contribution is 7.52. The number of ether oxygens (including phenoxy) is 2. The van der Waals surface area contributed by atoms with E-state index in [4.69, 9.17) is 35.9 Å². The molecule has 2 heterocycles. The maximum Gasteiger partial charge on any atom is 0.459 e. The summed E-state index contributed by atoms with van der Waals surface area (Å²) >= 11 is 6.00. The molecule has 6 atom stereocenters. The molecule has 3 aromatic rings. The van der Waals surface area contributed by atoms with E-state index in [2.05, 4.69) is 10.1 Å². The highest BCUT2D eigenvalue weighted by Gasteiger charge is 2.54. The van der Waals surface area contributed by atoms with Crippen LogP contribution in [0.3, 0.4) is 0 Å². The Balaban J connectivity index is 1.60. The van der Waals surface area contributed by atoms with Crippen LogP contribution in [0, 0.1) is 0 Å². The van der Waals surface area contributed by atoms with Crippen molar-refractivity contribution in [2.45, 2.75) is 63.9 Å². The summed E-state index contributed by atoms with van der Waals surface area (Å²) in [4.78, 5) is 28.6. The van der Waals surface area contributed by atoms with E-state index < -0.39 is 62.2 Å². The van der Waals surface area contributed by atoms with Crippen LogP contribution in [0.15, 0.2) is 53.5 Å². The molecule has 0 bridgehead atoms. The predicted octanol–water partition coefficient (Wildman–Crippen LogP) is 2.77. The molecule has 1 unspecified atom stereocenters. The second kappa shape index (κ2) is 12.1. The quantitative estimate of drug-likeness (QED) is 0.195. The minimum atomic E-state index is -4.38. The van der Waals surface area contributed by atoms with Crippen molar-refractivity contribution in [3.05, 3.63) is 64.2 Å². The molecule has 4 rings (SSSR count). The molecule has 222 valence electrons. The lowest BCUT2D eigenvalue weighted by Gasteiger charge is -2.27. The Bertz CT molecular complexity index is 1530. The van der Waals surface area contributed by atoms with Gasteiger partial charge in [-0.05, 0) is 39.1 Å². The third-order valence-electron chi connectivity index (χ3n) is 6.38. The number of hydrogen-bond acceptors (Lipinski definition) is 11. The van der Waals surface area contributed by atoms with Crippen molar-refractivity contribution >= 4 is 41.9 Å². The molecule has 1 aliphatic heterocycles. The van der Waals surface area contributed by atoms with Gasteiger partial charge in [-0.3, -0.25) is 13.9 Å². The molecule has 13 nitrogen and oxygen atoms in total. The molecular weight excluding hydrogens is 579 g/mol. The molecule has 0 radical (unpaired) electrons. The molecular formula is C26H32ClN4O9P. The first-order valence-corrected chi connectivity index (χ1v) is 14.6. The lowest BCUT2D eigenvalue weighted by atomic mass is 9.96. The Hall–Kier alpha value is -3.03. The number of nitrogens with one attached hydrogen (secondary N) is 1. The minimum Gasteiger partial charge on any atom is -0.462 e. The zero-order valence-electron chi connectivity index (χ0n) is 22.8. The number of halogens is 1. The number of esters is 1. The van der Waals surface area contributed by atoms with Gasteiger partial charge in [-0.2, -0.15) is 10.1 Å². The number of nitrogens with zero attached hydrogens (tertiary/aromatic N) is 2. The fraction of sp³-hybridized carbons (Fsp3) is 0.423. The topological polar surface area (TPSA) is 184 Å². The van der Waals surface area contributed by atoms with Crippen LogP contribution in [-0.4, -0.2) is 62.3 Å². The molecule has 1 aliphatic rings. The Morgan fingerprint density at radius 2 is 1.95 bits per heavy atom. The van der Waals surface area contributed by atoms with E-state index in [0.29, 0.717) is 5.39 Å². The normalized spacial score (nSPS) is 24.7. The zero-order valence-corrected chi connectivity index (χ0v) is 24.4. The number of aliphatic hydroxyl groups is 2. The summed E-state index contributed by atoms with van der Waals surface area (Å²) in [5.41, 5.74) is 2.67. The van der Waals surface area contributed by atoms with Crippen molar-refractivity contribution in [3.63, 3.8) is 0 Å². The van der Waals surface area contributed by atoms with E-state index in [1.54, 1.807) is 38.1 Å². The van der Waals surface area contributed by atoms with Gasteiger partial charge in [0, 0.05) is 11.6 Å². The first kappa shape index (κ1) is 30.9. The van der Waals surface area contributed by atoms with Crippen LogP contribution in [0.1, 0.15) is 33.9 Å². The largest absolute Gasteiger partial charge is 0.462 e. The van der Waals surface area contributed by atoms with Crippen LogP contribution >= 0.6 is 19.3 Å². The van der Waals surface area contributed by atoms with Crippen LogP contribution in [-0.2, 0) is 23.4 Å². The molecule has 0 spiro atoms. The molecule has 41 heavy (non-hydrogen) atoms. The number of aliphatic hydroxyl groups excluding tert-OH is 1. The molecule has 15 heteroatoms. The minimum absolute atomic E-state index is 0.0716. The maximum atomic E-state index is 14.1. The number of hydrogen-bond donors (Lipinski definition) is 4. The van der Waals surface area contributed by atoms with Crippen LogP contribution < -0.4 is 21.0 Å². The summed E-state index contributed by atoms with van der Waals surface area (Å²) in [5, 5.41) is 25.9. The van der Waals surface area contributed by atoms with Gasteiger partial charge >= 0.3 is 19.4 Å². The Labute approximate surface area is 240 Å². The third-order valence-corrected chi connectivity index (χ3v) is 8.30. The standard InChI is InChI=1S/C26H32ClN4O9P/c1-14(2)38-23(33)15(3)30-41(36,40-19-11-7-9-16-8-5-6-10-17(16)19)37-13-20-21(32)26(4,35)24(39-20)31-12-18(27)22(28)29-25(31)34/h5-12,14-15,20-21,24,32,35H,13H2,1-4H3,(H,30,36)(H2,28,29,34)/t15-,20-,21-,24-,26-,41?/m1/s1. The van der Waals surface area contributed by atoms with E-state index in [-0.39, 0.29) is 16.6 Å². The number of nitrogens with two attached hydrogens (primary N) is 1. The summed E-state index contributed by atoms with van der Waals surface area (Å²) in [6, 6.07) is 11.2. The number of carbonyl (C=O) groups is 1. The number of anilines is 1. The summed E-state index contributed by atoms with van der Waals surface area (Å²) in [6.07, 6.45) is -3.67. The van der Waals surface area contributed by atoms with Crippen molar-refractivity contribution < 1.29 is 38.1 Å². The smallest absolute Gasteiger partial charge is 0.459 e. The number of fused-ring (bicyclic) bond motifs is 1. The molecule has 2 aromatic carbocycles. The van der Waals surface area contributed by atoms with Gasteiger partial charge in [0.15, 0.2) is 6.23 Å². The van der Waals surface area contributed by atoms with Gasteiger partial charge in [0.25, 0.3) is 0 Å². The summed E-state index contributed by atoms with van der Waals surface area (Å²) in [5.74, 6) is -0.707. The first-order chi connectivity index (χ1) is 19.2. The number of rotatable bonds is 10. The van der Waals surface area contributed by atoms with Gasteiger partial charge in [-0.25, -0.2) is 9.36 Å². The summed E-state index contributed by atoms with van der Waals surface area (Å²) in [7, 11) is -4.38. The average molecular weight is 611 g/mol. The van der Waals surface area contributed by atoms with Gasteiger partial charge in [-0.15, -0.1) is 0 Å². The Morgan fingerprint density at radius 3 is 2.66 bits per heavy atom. The second-order valence-electron chi connectivity index (χ2n) is 10.1. The fourth-order valence-electron chi connectivity index (χ4n) is 4.29. The number of nitrogen functional groups attached to an aromatic ring is 1. The van der Waals surface area contributed by atoms with Crippen LogP contribution in [0.25, 0.3) is 10.8 Å². The zero-order chi connectivity index (χ0) is 30.1. The highest BCUT2D eigenvalue weighted by atomic mass is 35.5. The summed E-state index contributed by atoms with van der Waals surface area (Å²) in [6.45, 7) is 5.43. The van der Waals surface area contributed by atoms with Crippen molar-refractivity contribution in [1.29, 1.82) is 0 Å². The van der Waals surface area contributed by atoms with Gasteiger partial charge in [0.1, 0.15) is 35.4 Å². The molecule has 0 saturated carbocycles. The third kappa shape index (κ3) is 6.73. The van der Waals surface area contributed by atoms with E-state index in [1.807, 2.05) is 18.2 Å². The van der Waals surface area contributed by atoms with E-state index in [1.165, 1.54) is 13.8 Å². The van der Waals surface area contributed by atoms with Gasteiger partial charge in [0.05, 0.1) is 17.7 Å². The Kier molecular flexibility index (Phi) is 9.10. The molecule has 5 N–H and O–H groups in total. The van der Waals surface area contributed by atoms with Crippen LogP contribution in [0.4, 0.5) is 5.82 Å². The monoisotopic (exact) mass is 610 g/mol. The van der Waals surface area contributed by atoms with Crippen molar-refractivity contribution in [3.8, 4) is 5.75 Å². The van der Waals surface area contributed by atoms with Gasteiger partial charge < -0.3 is 29.9 Å². The Morgan fingerprint density at radius 1 is 1.27 bits per heavy atom. The number of aromatic nitrogens is 2. The number of benzene rings is 2. The van der Waals surface area contributed by atoms with E-state index in [9.17, 15) is 24.4 Å². The highest BCUT2D eigenvalue weighted by Crippen LogP contribution is 2.48. The predicted molar refractivity (Wildman–Crippen MR) is 150 cm³/mol. The maximum absolute atomic E-state index is 14.1. The van der Waals surface area contributed by atoms with Crippen molar-refractivity contribution in [1.82, 2.24) is 14.6 Å². The molecule has 0 aliphatic carbocycles. The van der Waals surface area contributed by atoms with E-state index in [0.717, 1.165) is 16.2 Å². The lowest BCUT2D eigenvalue weighted by molar-refractivity contribution is -0.149. The van der Waals surface area contributed by atoms with Gasteiger partial charge in [0.2, 0.25) is 0 Å². The molecule has 1 aromatic heterocycles.